The number of hydrogen-bond acceptors (Lipinski definition) is 5. The van der Waals surface area contributed by atoms with Gasteiger partial charge >= 0.3 is 0 Å². The molecule has 7 nitrogen and oxygen atoms in total. The van der Waals surface area contributed by atoms with Crippen molar-refractivity contribution in [2.75, 3.05) is 0 Å². The van der Waals surface area contributed by atoms with Gasteiger partial charge in [-0.2, -0.15) is 0 Å². The Kier molecular flexibility index (Phi) is 5.58. The predicted octanol–water partition coefficient (Wildman–Crippen LogP) is 5.42. The van der Waals surface area contributed by atoms with Gasteiger partial charge < -0.3 is 14.6 Å². The van der Waals surface area contributed by atoms with Crippen LogP contribution in [0.5, 0.6) is 0 Å². The van der Waals surface area contributed by atoms with E-state index < -0.39 is 4.92 Å². The third-order valence-corrected chi connectivity index (χ3v) is 6.01. The molecule has 1 fully saturated rings. The lowest BCUT2D eigenvalue weighted by Gasteiger charge is -2.26. The number of thiocarbonyl (C=S) groups is 1. The maximum atomic E-state index is 11.2. The molecule has 0 radical (unpaired) electrons. The van der Waals surface area contributed by atoms with Crippen molar-refractivity contribution in [2.45, 2.75) is 18.6 Å². The zero-order chi connectivity index (χ0) is 22.8. The maximum Gasteiger partial charge on any atom is 0.270 e. The molecule has 3 heterocycles. The van der Waals surface area contributed by atoms with Crippen LogP contribution in [0.1, 0.15) is 29.1 Å². The SMILES string of the molecule is O=[N+]([O-])c1cccc(-c2ccc([C@@H]3[C@H](c4ccccn4)NC(=S)N3Cc3ccccc3)o2)c1. The van der Waals surface area contributed by atoms with Gasteiger partial charge in [-0.25, -0.2) is 0 Å². The van der Waals surface area contributed by atoms with Gasteiger partial charge in [0, 0.05) is 30.4 Å². The van der Waals surface area contributed by atoms with Crippen molar-refractivity contribution in [3.05, 3.63) is 118 Å². The third kappa shape index (κ3) is 4.20. The summed E-state index contributed by atoms with van der Waals surface area (Å²) in [5.74, 6) is 1.27. The first-order chi connectivity index (χ1) is 16.1. The number of pyridine rings is 1. The second kappa shape index (κ2) is 8.84. The quantitative estimate of drug-likeness (QED) is 0.235. The molecule has 1 aliphatic rings. The summed E-state index contributed by atoms with van der Waals surface area (Å²) in [5, 5.41) is 15.2. The molecule has 5 rings (SSSR count). The predicted molar refractivity (Wildman–Crippen MR) is 128 cm³/mol. The fourth-order valence-corrected chi connectivity index (χ4v) is 4.41. The molecule has 164 valence electrons. The molecular weight excluding hydrogens is 436 g/mol. The average Bonchev–Trinajstić information content (AvgIpc) is 3.45. The van der Waals surface area contributed by atoms with Crippen molar-refractivity contribution in [3.63, 3.8) is 0 Å². The Hall–Kier alpha value is -4.04. The number of rotatable bonds is 6. The Morgan fingerprint density at radius 2 is 1.85 bits per heavy atom. The van der Waals surface area contributed by atoms with Crippen LogP contribution in [0.2, 0.25) is 0 Å². The highest BCUT2D eigenvalue weighted by Gasteiger charge is 2.41. The molecule has 0 spiro atoms. The Labute approximate surface area is 195 Å². The molecule has 33 heavy (non-hydrogen) atoms. The maximum absolute atomic E-state index is 11.2. The summed E-state index contributed by atoms with van der Waals surface area (Å²) in [6.45, 7) is 0.605. The molecule has 1 aliphatic heterocycles. The van der Waals surface area contributed by atoms with Gasteiger partial charge in [0.05, 0.1) is 16.7 Å². The Bertz CT molecular complexity index is 1290. The van der Waals surface area contributed by atoms with E-state index in [0.717, 1.165) is 11.3 Å². The number of benzene rings is 2. The molecule has 2 aromatic heterocycles. The number of nitrogens with one attached hydrogen (secondary N) is 1. The van der Waals surface area contributed by atoms with Crippen LogP contribution in [0.15, 0.2) is 95.5 Å². The summed E-state index contributed by atoms with van der Waals surface area (Å²) in [5.41, 5.74) is 2.65. The molecule has 0 unspecified atom stereocenters. The highest BCUT2D eigenvalue weighted by Crippen LogP contribution is 2.41. The molecule has 0 bridgehead atoms. The van der Waals surface area contributed by atoms with E-state index in [9.17, 15) is 10.1 Å². The van der Waals surface area contributed by atoms with Crippen molar-refractivity contribution < 1.29 is 9.34 Å². The summed E-state index contributed by atoms with van der Waals surface area (Å²) < 4.78 is 6.26. The van der Waals surface area contributed by atoms with Gasteiger partial charge in [0.15, 0.2) is 5.11 Å². The summed E-state index contributed by atoms with van der Waals surface area (Å²) in [7, 11) is 0. The monoisotopic (exact) mass is 456 g/mol. The lowest BCUT2D eigenvalue weighted by molar-refractivity contribution is -0.384. The van der Waals surface area contributed by atoms with E-state index in [-0.39, 0.29) is 17.8 Å². The number of furan rings is 1. The van der Waals surface area contributed by atoms with E-state index >= 15 is 0 Å². The molecule has 2 atom stereocenters. The van der Waals surface area contributed by atoms with E-state index in [1.54, 1.807) is 18.3 Å². The minimum absolute atomic E-state index is 0.0197. The van der Waals surface area contributed by atoms with Crippen LogP contribution in [0, 0.1) is 10.1 Å². The number of hydrogen-bond donors (Lipinski definition) is 1. The van der Waals surface area contributed by atoms with Crippen molar-refractivity contribution in [2.24, 2.45) is 0 Å². The summed E-state index contributed by atoms with van der Waals surface area (Å²) >= 11 is 5.71. The summed E-state index contributed by atoms with van der Waals surface area (Å²) in [6, 6.07) is 25.6. The van der Waals surface area contributed by atoms with E-state index in [1.807, 2.05) is 48.5 Å². The number of nitro groups is 1. The molecule has 1 saturated heterocycles. The van der Waals surface area contributed by atoms with Crippen molar-refractivity contribution >= 4 is 23.0 Å². The van der Waals surface area contributed by atoms with E-state index in [0.29, 0.717) is 28.7 Å². The largest absolute Gasteiger partial charge is 0.459 e. The number of nitro benzene ring substituents is 1. The first-order valence-electron chi connectivity index (χ1n) is 10.5. The van der Waals surface area contributed by atoms with Crippen molar-refractivity contribution in [1.82, 2.24) is 15.2 Å². The minimum atomic E-state index is -0.411. The fraction of sp³-hybridized carbons (Fsp3) is 0.120. The highest BCUT2D eigenvalue weighted by molar-refractivity contribution is 7.80. The second-order valence-corrected chi connectivity index (χ2v) is 8.14. The molecule has 4 aromatic rings. The first-order valence-corrected chi connectivity index (χ1v) is 10.9. The standard InChI is InChI=1S/C25H20N4O3S/c30-29(31)19-10-6-9-18(15-19)21-12-13-22(32-21)24-23(20-11-4-5-14-26-20)27-25(33)28(24)16-17-7-2-1-3-8-17/h1-15,23-24H,16H2,(H,27,33)/t23-,24+/m0/s1. The lowest BCUT2D eigenvalue weighted by Crippen LogP contribution is -2.29. The normalized spacial score (nSPS) is 17.7. The Balaban J connectivity index is 1.53. The van der Waals surface area contributed by atoms with Crippen LogP contribution < -0.4 is 5.32 Å². The molecule has 2 aromatic carbocycles. The van der Waals surface area contributed by atoms with E-state index in [1.165, 1.54) is 12.1 Å². The Morgan fingerprint density at radius 3 is 2.61 bits per heavy atom. The smallest absolute Gasteiger partial charge is 0.270 e. The molecule has 0 aliphatic carbocycles. The number of non-ortho nitro benzene ring substituents is 1. The fourth-order valence-electron chi connectivity index (χ4n) is 4.10. The summed E-state index contributed by atoms with van der Waals surface area (Å²) in [6.07, 6.45) is 1.76. The third-order valence-electron chi connectivity index (χ3n) is 5.65. The van der Waals surface area contributed by atoms with Crippen molar-refractivity contribution in [3.8, 4) is 11.3 Å². The van der Waals surface area contributed by atoms with E-state index in [2.05, 4.69) is 27.3 Å². The van der Waals surface area contributed by atoms with Crippen molar-refractivity contribution in [1.29, 1.82) is 0 Å². The van der Waals surface area contributed by atoms with Crippen LogP contribution in [0.3, 0.4) is 0 Å². The van der Waals surface area contributed by atoms with Crippen LogP contribution >= 0.6 is 12.2 Å². The second-order valence-electron chi connectivity index (χ2n) is 7.75. The van der Waals surface area contributed by atoms with Gasteiger partial charge in [-0.05, 0) is 42.0 Å². The van der Waals surface area contributed by atoms with Crippen LogP contribution in [-0.2, 0) is 6.54 Å². The molecule has 8 heteroatoms. The van der Waals surface area contributed by atoms with Gasteiger partial charge in [-0.3, -0.25) is 15.1 Å². The van der Waals surface area contributed by atoms with Gasteiger partial charge in [-0.1, -0.05) is 48.5 Å². The molecule has 0 amide bonds. The average molecular weight is 457 g/mol. The van der Waals surface area contributed by atoms with Crippen LogP contribution in [0.4, 0.5) is 5.69 Å². The van der Waals surface area contributed by atoms with E-state index in [4.69, 9.17) is 16.6 Å². The van der Waals surface area contributed by atoms with Crippen LogP contribution in [0.25, 0.3) is 11.3 Å². The zero-order valence-corrected chi connectivity index (χ0v) is 18.3. The van der Waals surface area contributed by atoms with Gasteiger partial charge in [0.2, 0.25) is 0 Å². The lowest BCUT2D eigenvalue weighted by atomic mass is 10.0. The topological polar surface area (TPSA) is 84.4 Å². The minimum Gasteiger partial charge on any atom is -0.459 e. The number of nitrogens with zero attached hydrogens (tertiary/aromatic N) is 3. The van der Waals surface area contributed by atoms with Gasteiger partial charge in [0.25, 0.3) is 5.69 Å². The molecule has 0 saturated carbocycles. The van der Waals surface area contributed by atoms with Gasteiger partial charge in [0.1, 0.15) is 17.6 Å². The summed E-state index contributed by atoms with van der Waals surface area (Å²) in [4.78, 5) is 17.4. The number of aromatic nitrogens is 1. The first kappa shape index (κ1) is 20.8. The Morgan fingerprint density at radius 1 is 1.03 bits per heavy atom. The molecular formula is C25H20N4O3S. The van der Waals surface area contributed by atoms with Gasteiger partial charge in [-0.15, -0.1) is 0 Å². The van der Waals surface area contributed by atoms with Crippen LogP contribution in [-0.4, -0.2) is 19.9 Å². The highest BCUT2D eigenvalue weighted by atomic mass is 32.1. The molecule has 1 N–H and O–H groups in total. The zero-order valence-electron chi connectivity index (χ0n) is 17.5.